The summed E-state index contributed by atoms with van der Waals surface area (Å²) >= 11 is 0. The number of nitrogens with zero attached hydrogens (tertiary/aromatic N) is 3. The molecule has 0 aromatic rings. The molecule has 0 spiro atoms. The number of carbonyl (C=O) groups is 1. The molecule has 0 bridgehead atoms. The van der Waals surface area contributed by atoms with Gasteiger partial charge in [0.15, 0.2) is 0 Å². The van der Waals surface area contributed by atoms with Crippen molar-refractivity contribution in [1.29, 1.82) is 0 Å². The molecule has 0 atom stereocenters. The van der Waals surface area contributed by atoms with Gasteiger partial charge in [-0.2, -0.15) is 10.4 Å². The number of unbranched alkanes of at least 4 members (excludes halogenated alkanes) is 2. The highest BCUT2D eigenvalue weighted by atomic mass is 17.2. The minimum atomic E-state index is 0.000880. The van der Waals surface area contributed by atoms with Crippen LogP contribution in [0.3, 0.4) is 0 Å². The number of nitrogens with one attached hydrogen (secondary N) is 1. The monoisotopic (exact) mass is 306 g/mol. The van der Waals surface area contributed by atoms with Gasteiger partial charge in [0.05, 0.1) is 25.0 Å². The lowest BCUT2D eigenvalue weighted by Crippen LogP contribution is -2.39. The molecule has 0 rings (SSSR count). The van der Waals surface area contributed by atoms with Gasteiger partial charge in [0.1, 0.15) is 0 Å². The molecule has 0 aliphatic heterocycles. The van der Waals surface area contributed by atoms with Crippen LogP contribution in [-0.2, 0) is 9.78 Å². The number of aliphatic hydroxyl groups excluding tert-OH is 1. The average Bonchev–Trinajstić information content (AvgIpc) is 2.38. The van der Waals surface area contributed by atoms with Gasteiger partial charge in [0.25, 0.3) is 0 Å². The molecule has 3 N–H and O–H groups in total. The zero-order chi connectivity index (χ0) is 16.5. The Labute approximate surface area is 127 Å². The maximum Gasteiger partial charge on any atom is 0.234 e. The van der Waals surface area contributed by atoms with Gasteiger partial charge < -0.3 is 10.4 Å². The van der Waals surface area contributed by atoms with Crippen molar-refractivity contribution in [2.24, 2.45) is 10.4 Å². The molecule has 0 unspecified atom stereocenters. The summed E-state index contributed by atoms with van der Waals surface area (Å²) in [5, 5.41) is 25.4. The average molecular weight is 306 g/mol. The molecule has 126 valence electrons. The number of rotatable bonds is 10. The van der Waals surface area contributed by atoms with Crippen LogP contribution in [0.25, 0.3) is 0 Å². The van der Waals surface area contributed by atoms with Crippen molar-refractivity contribution in [2.75, 3.05) is 33.3 Å². The molecule has 0 aromatic heterocycles. The third kappa shape index (κ3) is 21.2. The van der Waals surface area contributed by atoms with E-state index in [-0.39, 0.29) is 18.6 Å². The first kappa shape index (κ1) is 22.0. The van der Waals surface area contributed by atoms with Gasteiger partial charge in [-0.25, -0.2) is 4.99 Å². The predicted molar refractivity (Wildman–Crippen MR) is 80.8 cm³/mol. The molecule has 0 fully saturated rings. The van der Waals surface area contributed by atoms with Crippen molar-refractivity contribution in [1.82, 2.24) is 10.2 Å². The largest absolute Gasteiger partial charge is 0.395 e. The normalized spacial score (nSPS) is 10.7. The summed E-state index contributed by atoms with van der Waals surface area (Å²) in [5.41, 5.74) is 0. The Bertz CT molecular complexity index is 263. The molecule has 8 nitrogen and oxygen atoms in total. The molecule has 0 aliphatic rings. The van der Waals surface area contributed by atoms with Crippen molar-refractivity contribution in [3.63, 3.8) is 0 Å². The Kier molecular flexibility index (Phi) is 17.6. The van der Waals surface area contributed by atoms with E-state index >= 15 is 0 Å². The fourth-order valence-corrected chi connectivity index (χ4v) is 1.36. The first-order valence-electron chi connectivity index (χ1n) is 7.24. The van der Waals surface area contributed by atoms with Crippen LogP contribution >= 0.6 is 0 Å². The number of likely N-dealkylation sites (N-methyl/N-ethyl adjacent to an activating group) is 1. The van der Waals surface area contributed by atoms with Gasteiger partial charge in [-0.15, -0.1) is 0 Å². The first-order chi connectivity index (χ1) is 9.97. The fourth-order valence-electron chi connectivity index (χ4n) is 1.36. The number of carbonyl (C=O) groups excluding carboxylic acids is 1. The molecule has 0 aliphatic carbocycles. The molecule has 0 heterocycles. The first-order valence-corrected chi connectivity index (χ1v) is 7.24. The summed E-state index contributed by atoms with van der Waals surface area (Å²) in [6, 6.07) is 0.181. The Hall–Kier alpha value is -1.25. The summed E-state index contributed by atoms with van der Waals surface area (Å²) in [4.78, 5) is 16.3. The molecular formula is C13H30N4O4. The van der Waals surface area contributed by atoms with Crippen LogP contribution in [0.5, 0.6) is 0 Å². The van der Waals surface area contributed by atoms with E-state index in [4.69, 9.17) is 10.4 Å². The van der Waals surface area contributed by atoms with Gasteiger partial charge in [-0.1, -0.05) is 19.8 Å². The molecule has 8 heteroatoms. The zero-order valence-electron chi connectivity index (χ0n) is 13.6. The summed E-state index contributed by atoms with van der Waals surface area (Å²) in [5.74, 6) is 0.000880. The minimum absolute atomic E-state index is 0.000880. The van der Waals surface area contributed by atoms with E-state index in [1.807, 2.05) is 13.8 Å². The van der Waals surface area contributed by atoms with E-state index in [2.05, 4.69) is 27.6 Å². The van der Waals surface area contributed by atoms with E-state index in [1.165, 1.54) is 0 Å². The lowest BCUT2D eigenvalue weighted by Gasteiger charge is -2.15. The molecule has 21 heavy (non-hydrogen) atoms. The number of amides is 1. The lowest BCUT2D eigenvalue weighted by molar-refractivity contribution is -0.251. The van der Waals surface area contributed by atoms with E-state index in [0.29, 0.717) is 19.6 Å². The maximum atomic E-state index is 11.1. The zero-order valence-corrected chi connectivity index (χ0v) is 13.6. The van der Waals surface area contributed by atoms with Crippen molar-refractivity contribution in [3.05, 3.63) is 0 Å². The SMILES string of the molecule is CC(C)NC(=O)CN(C)CCO.CCCCCN=NOO. The van der Waals surface area contributed by atoms with Crippen LogP contribution in [0.1, 0.15) is 40.0 Å². The fraction of sp³-hybridized carbons (Fsp3) is 0.923. The van der Waals surface area contributed by atoms with Crippen molar-refractivity contribution < 1.29 is 20.1 Å². The molecule has 1 amide bonds. The van der Waals surface area contributed by atoms with Gasteiger partial charge in [0, 0.05) is 12.6 Å². The molecule has 0 saturated heterocycles. The highest BCUT2D eigenvalue weighted by Gasteiger charge is 2.05. The number of hydrogen-bond donors (Lipinski definition) is 3. The highest BCUT2D eigenvalue weighted by Crippen LogP contribution is 1.93. The Morgan fingerprint density at radius 3 is 2.52 bits per heavy atom. The predicted octanol–water partition coefficient (Wildman–Crippen LogP) is 1.47. The third-order valence-electron chi connectivity index (χ3n) is 2.30. The second-order valence-electron chi connectivity index (χ2n) is 4.92. The van der Waals surface area contributed by atoms with E-state index in [1.54, 1.807) is 11.9 Å². The van der Waals surface area contributed by atoms with Crippen LogP contribution in [0.4, 0.5) is 0 Å². The van der Waals surface area contributed by atoms with Gasteiger partial charge in [-0.3, -0.25) is 9.69 Å². The quantitative estimate of drug-likeness (QED) is 0.245. The van der Waals surface area contributed by atoms with E-state index in [0.717, 1.165) is 19.3 Å². The Balaban J connectivity index is 0. The Morgan fingerprint density at radius 1 is 1.38 bits per heavy atom. The van der Waals surface area contributed by atoms with Gasteiger partial charge in [-0.05, 0) is 27.3 Å². The summed E-state index contributed by atoms with van der Waals surface area (Å²) < 4.78 is 0. The van der Waals surface area contributed by atoms with Crippen LogP contribution in [-0.4, -0.2) is 60.5 Å². The third-order valence-corrected chi connectivity index (χ3v) is 2.30. The highest BCUT2D eigenvalue weighted by molar-refractivity contribution is 5.78. The Morgan fingerprint density at radius 2 is 2.05 bits per heavy atom. The number of hydrogen-bond acceptors (Lipinski definition) is 7. The molecule has 0 saturated carbocycles. The second-order valence-corrected chi connectivity index (χ2v) is 4.92. The van der Waals surface area contributed by atoms with E-state index < -0.39 is 0 Å². The smallest absolute Gasteiger partial charge is 0.234 e. The van der Waals surface area contributed by atoms with Crippen molar-refractivity contribution in [2.45, 2.75) is 46.1 Å². The lowest BCUT2D eigenvalue weighted by atomic mass is 10.3. The van der Waals surface area contributed by atoms with Crippen LogP contribution in [0, 0.1) is 0 Å². The molecule has 0 aromatic carbocycles. The van der Waals surface area contributed by atoms with Crippen LogP contribution in [0.2, 0.25) is 0 Å². The molecular weight excluding hydrogens is 276 g/mol. The summed E-state index contributed by atoms with van der Waals surface area (Å²) in [7, 11) is 1.80. The van der Waals surface area contributed by atoms with E-state index in [9.17, 15) is 4.79 Å². The van der Waals surface area contributed by atoms with Crippen molar-refractivity contribution in [3.8, 4) is 0 Å². The van der Waals surface area contributed by atoms with Crippen LogP contribution < -0.4 is 5.32 Å². The summed E-state index contributed by atoms with van der Waals surface area (Å²) in [6.45, 7) is 7.55. The topological polar surface area (TPSA) is 107 Å². The van der Waals surface area contributed by atoms with Gasteiger partial charge in [0.2, 0.25) is 5.91 Å². The summed E-state index contributed by atoms with van der Waals surface area (Å²) in [6.07, 6.45) is 3.31. The second kappa shape index (κ2) is 16.8. The maximum absolute atomic E-state index is 11.1. The van der Waals surface area contributed by atoms with Crippen LogP contribution in [0.15, 0.2) is 10.4 Å². The van der Waals surface area contributed by atoms with Gasteiger partial charge >= 0.3 is 0 Å². The standard InChI is InChI=1S/C8H18N2O2.C5H12N2O2/c1-7(2)9-8(12)6-10(3)4-5-11;1-2-3-4-5-6-7-9-8/h7,11H,4-6H2,1-3H3,(H,9,12);8H,2-5H2,1H3. The number of aliphatic hydroxyl groups is 1. The minimum Gasteiger partial charge on any atom is -0.395 e. The van der Waals surface area contributed by atoms with Crippen molar-refractivity contribution >= 4 is 5.91 Å². The molecule has 0 radical (unpaired) electrons.